The lowest BCUT2D eigenvalue weighted by atomic mass is 10.2. The van der Waals surface area contributed by atoms with Crippen LogP contribution < -0.4 is 4.74 Å². The van der Waals surface area contributed by atoms with Gasteiger partial charge in [0.05, 0.1) is 11.7 Å². The Labute approximate surface area is 73.4 Å². The van der Waals surface area contributed by atoms with Gasteiger partial charge in [0.25, 0.3) is 0 Å². The number of ether oxygens (including phenoxy) is 1. The van der Waals surface area contributed by atoms with Gasteiger partial charge in [0.2, 0.25) is 0 Å². The van der Waals surface area contributed by atoms with E-state index in [0.717, 1.165) is 11.3 Å². The maximum Gasteiger partial charge on any atom is 0.135 e. The molecule has 1 rings (SSSR count). The summed E-state index contributed by atoms with van der Waals surface area (Å²) < 4.78 is 5.49. The highest BCUT2D eigenvalue weighted by molar-refractivity contribution is 5.44. The minimum Gasteiger partial charge on any atom is -0.490 e. The fourth-order valence-corrected chi connectivity index (χ4v) is 0.943. The molecule has 0 aliphatic heterocycles. The topological polar surface area (TPSA) is 9.23 Å². The largest absolute Gasteiger partial charge is 0.490 e. The molecule has 0 saturated heterocycles. The second kappa shape index (κ2) is 3.82. The van der Waals surface area contributed by atoms with Crippen molar-refractivity contribution in [3.63, 3.8) is 0 Å². The van der Waals surface area contributed by atoms with E-state index in [-0.39, 0.29) is 6.10 Å². The van der Waals surface area contributed by atoms with Gasteiger partial charge in [-0.2, -0.15) is 0 Å². The first-order valence-corrected chi connectivity index (χ1v) is 3.96. The Balaban J connectivity index is 2.91. The van der Waals surface area contributed by atoms with Crippen LogP contribution in [0.25, 0.3) is 0 Å². The number of hydrogen-bond donors (Lipinski definition) is 0. The maximum atomic E-state index is 5.49. The lowest BCUT2D eigenvalue weighted by Crippen LogP contribution is -2.06. The van der Waals surface area contributed by atoms with Crippen molar-refractivity contribution in [2.75, 3.05) is 0 Å². The molecule has 0 heterocycles. The minimum atomic E-state index is 0.166. The third kappa shape index (κ3) is 2.03. The fourth-order valence-electron chi connectivity index (χ4n) is 0.943. The van der Waals surface area contributed by atoms with Crippen LogP contribution in [0.4, 0.5) is 0 Å². The molecule has 12 heavy (non-hydrogen) atoms. The molecule has 0 unspecified atom stereocenters. The molecule has 0 aliphatic carbocycles. The van der Waals surface area contributed by atoms with E-state index >= 15 is 0 Å². The van der Waals surface area contributed by atoms with Gasteiger partial charge in [-0.15, -0.1) is 6.42 Å². The average Bonchev–Trinajstić information content (AvgIpc) is 2.04. The number of terminal acetylenes is 1. The van der Waals surface area contributed by atoms with Crippen LogP contribution >= 0.6 is 0 Å². The first-order chi connectivity index (χ1) is 5.74. The van der Waals surface area contributed by atoms with Gasteiger partial charge in [-0.25, -0.2) is 0 Å². The first-order valence-electron chi connectivity index (χ1n) is 3.96. The van der Waals surface area contributed by atoms with E-state index in [0.29, 0.717) is 0 Å². The normalized spacial score (nSPS) is 9.50. The van der Waals surface area contributed by atoms with Crippen molar-refractivity contribution in [3.05, 3.63) is 29.8 Å². The number of hydrogen-bond acceptors (Lipinski definition) is 1. The first kappa shape index (κ1) is 8.67. The second-order valence-corrected chi connectivity index (χ2v) is 2.81. The smallest absolute Gasteiger partial charge is 0.135 e. The van der Waals surface area contributed by atoms with Crippen LogP contribution in [0.5, 0.6) is 5.75 Å². The molecule has 0 amide bonds. The summed E-state index contributed by atoms with van der Waals surface area (Å²) in [6.07, 6.45) is 5.46. The van der Waals surface area contributed by atoms with Crippen LogP contribution in [0.15, 0.2) is 24.3 Å². The average molecular weight is 160 g/mol. The van der Waals surface area contributed by atoms with Crippen LogP contribution in [0, 0.1) is 12.3 Å². The number of rotatable bonds is 2. The molecule has 0 aromatic heterocycles. The third-order valence-corrected chi connectivity index (χ3v) is 1.41. The molecule has 0 saturated carbocycles. The SMILES string of the molecule is C#Cc1ccccc1OC(C)C. The Morgan fingerprint density at radius 2 is 2.00 bits per heavy atom. The van der Waals surface area contributed by atoms with E-state index in [1.807, 2.05) is 38.1 Å². The Hall–Kier alpha value is -1.42. The van der Waals surface area contributed by atoms with E-state index in [9.17, 15) is 0 Å². The van der Waals surface area contributed by atoms with Gasteiger partial charge in [-0.05, 0) is 26.0 Å². The van der Waals surface area contributed by atoms with E-state index < -0.39 is 0 Å². The van der Waals surface area contributed by atoms with E-state index in [1.54, 1.807) is 0 Å². The molecule has 1 aromatic rings. The third-order valence-electron chi connectivity index (χ3n) is 1.41. The molecule has 0 aliphatic rings. The fraction of sp³-hybridized carbons (Fsp3) is 0.273. The van der Waals surface area contributed by atoms with Crippen molar-refractivity contribution in [2.24, 2.45) is 0 Å². The summed E-state index contributed by atoms with van der Waals surface area (Å²) in [6, 6.07) is 7.58. The van der Waals surface area contributed by atoms with Crippen molar-refractivity contribution in [2.45, 2.75) is 20.0 Å². The van der Waals surface area contributed by atoms with Crippen molar-refractivity contribution < 1.29 is 4.74 Å². The van der Waals surface area contributed by atoms with E-state index in [2.05, 4.69) is 5.92 Å². The molecule has 0 N–H and O–H groups in total. The van der Waals surface area contributed by atoms with Crippen LogP contribution in [0.2, 0.25) is 0 Å². The van der Waals surface area contributed by atoms with Crippen molar-refractivity contribution in [3.8, 4) is 18.1 Å². The van der Waals surface area contributed by atoms with Gasteiger partial charge < -0.3 is 4.74 Å². The molecule has 62 valence electrons. The molecular weight excluding hydrogens is 148 g/mol. The maximum absolute atomic E-state index is 5.49. The zero-order valence-corrected chi connectivity index (χ0v) is 7.37. The summed E-state index contributed by atoms with van der Waals surface area (Å²) in [5.41, 5.74) is 0.811. The zero-order valence-electron chi connectivity index (χ0n) is 7.37. The Morgan fingerprint density at radius 1 is 1.33 bits per heavy atom. The molecular formula is C11H12O. The summed E-state index contributed by atoms with van der Waals surface area (Å²) in [5, 5.41) is 0. The lowest BCUT2D eigenvalue weighted by Gasteiger charge is -2.10. The van der Waals surface area contributed by atoms with Crippen LogP contribution in [0.1, 0.15) is 19.4 Å². The van der Waals surface area contributed by atoms with Gasteiger partial charge in [-0.1, -0.05) is 18.1 Å². The van der Waals surface area contributed by atoms with Crippen LogP contribution in [-0.2, 0) is 0 Å². The van der Waals surface area contributed by atoms with Crippen molar-refractivity contribution in [1.82, 2.24) is 0 Å². The highest BCUT2D eigenvalue weighted by Gasteiger charge is 2.00. The van der Waals surface area contributed by atoms with E-state index in [4.69, 9.17) is 11.2 Å². The molecule has 0 bridgehead atoms. The molecule has 1 heteroatoms. The Kier molecular flexibility index (Phi) is 2.76. The predicted molar refractivity (Wildman–Crippen MR) is 50.1 cm³/mol. The quantitative estimate of drug-likeness (QED) is 0.604. The van der Waals surface area contributed by atoms with Gasteiger partial charge >= 0.3 is 0 Å². The standard InChI is InChI=1S/C11H12O/c1-4-10-7-5-6-8-11(10)12-9(2)3/h1,5-9H,2-3H3. The summed E-state index contributed by atoms with van der Waals surface area (Å²) in [5.74, 6) is 3.36. The molecule has 1 aromatic carbocycles. The van der Waals surface area contributed by atoms with Gasteiger partial charge in [0.15, 0.2) is 0 Å². The van der Waals surface area contributed by atoms with Gasteiger partial charge in [0.1, 0.15) is 5.75 Å². The second-order valence-electron chi connectivity index (χ2n) is 2.81. The van der Waals surface area contributed by atoms with Gasteiger partial charge in [0, 0.05) is 0 Å². The summed E-state index contributed by atoms with van der Waals surface area (Å²) in [4.78, 5) is 0. The molecule has 0 spiro atoms. The molecule has 0 atom stereocenters. The Bertz CT molecular complexity index is 294. The van der Waals surface area contributed by atoms with Crippen LogP contribution in [-0.4, -0.2) is 6.10 Å². The van der Waals surface area contributed by atoms with Crippen molar-refractivity contribution >= 4 is 0 Å². The monoisotopic (exact) mass is 160 g/mol. The molecule has 0 radical (unpaired) electrons. The number of benzene rings is 1. The van der Waals surface area contributed by atoms with E-state index in [1.165, 1.54) is 0 Å². The lowest BCUT2D eigenvalue weighted by molar-refractivity contribution is 0.242. The summed E-state index contributed by atoms with van der Waals surface area (Å²) in [6.45, 7) is 3.96. The molecule has 0 fully saturated rings. The molecule has 1 nitrogen and oxygen atoms in total. The van der Waals surface area contributed by atoms with Crippen LogP contribution in [0.3, 0.4) is 0 Å². The van der Waals surface area contributed by atoms with Crippen molar-refractivity contribution in [1.29, 1.82) is 0 Å². The highest BCUT2D eigenvalue weighted by atomic mass is 16.5. The zero-order chi connectivity index (χ0) is 8.97. The Morgan fingerprint density at radius 3 is 2.58 bits per heavy atom. The number of para-hydroxylation sites is 1. The highest BCUT2D eigenvalue weighted by Crippen LogP contribution is 2.17. The minimum absolute atomic E-state index is 0.166. The summed E-state index contributed by atoms with van der Waals surface area (Å²) in [7, 11) is 0. The predicted octanol–water partition coefficient (Wildman–Crippen LogP) is 2.46. The van der Waals surface area contributed by atoms with Gasteiger partial charge in [-0.3, -0.25) is 0 Å². The summed E-state index contributed by atoms with van der Waals surface area (Å²) >= 11 is 0.